The summed E-state index contributed by atoms with van der Waals surface area (Å²) in [6, 6.07) is 1.75. The molecule has 0 saturated carbocycles. The highest BCUT2D eigenvalue weighted by Gasteiger charge is 2.19. The molecule has 3 heteroatoms. The molecule has 2 rings (SSSR count). The SMILES string of the molecule is O=C(CC1CC=CC1)c1occc1Br. The predicted molar refractivity (Wildman–Crippen MR) is 57.2 cm³/mol. The van der Waals surface area contributed by atoms with Gasteiger partial charge in [0.15, 0.2) is 11.5 Å². The quantitative estimate of drug-likeness (QED) is 0.610. The van der Waals surface area contributed by atoms with Crippen LogP contribution in [0.3, 0.4) is 0 Å². The van der Waals surface area contributed by atoms with Crippen LogP contribution < -0.4 is 0 Å². The molecule has 1 aromatic rings. The minimum atomic E-state index is 0.0931. The van der Waals surface area contributed by atoms with Crippen molar-refractivity contribution in [2.45, 2.75) is 19.3 Å². The predicted octanol–water partition coefficient (Wildman–Crippen LogP) is 3.58. The van der Waals surface area contributed by atoms with Gasteiger partial charge in [0, 0.05) is 6.42 Å². The maximum atomic E-state index is 11.7. The summed E-state index contributed by atoms with van der Waals surface area (Å²) in [5.41, 5.74) is 0. The number of Topliss-reactive ketones (excluding diaryl/α,β-unsaturated/α-hetero) is 1. The molecule has 0 aromatic carbocycles. The van der Waals surface area contributed by atoms with Gasteiger partial charge in [0.2, 0.25) is 0 Å². The molecule has 1 aliphatic rings. The lowest BCUT2D eigenvalue weighted by Crippen LogP contribution is -2.05. The van der Waals surface area contributed by atoms with Crippen molar-refractivity contribution < 1.29 is 9.21 Å². The zero-order valence-electron chi connectivity index (χ0n) is 7.70. The first-order valence-corrected chi connectivity index (χ1v) is 5.48. The average molecular weight is 255 g/mol. The van der Waals surface area contributed by atoms with Gasteiger partial charge in [-0.05, 0) is 40.8 Å². The molecule has 0 aliphatic heterocycles. The van der Waals surface area contributed by atoms with E-state index in [4.69, 9.17) is 4.42 Å². The number of hydrogen-bond donors (Lipinski definition) is 0. The summed E-state index contributed by atoms with van der Waals surface area (Å²) >= 11 is 3.29. The number of carbonyl (C=O) groups excluding carboxylic acids is 1. The summed E-state index contributed by atoms with van der Waals surface area (Å²) in [5, 5.41) is 0. The highest BCUT2D eigenvalue weighted by atomic mass is 79.9. The monoisotopic (exact) mass is 254 g/mol. The second-order valence-corrected chi connectivity index (χ2v) is 4.39. The van der Waals surface area contributed by atoms with Crippen LogP contribution in [0.15, 0.2) is 33.4 Å². The van der Waals surface area contributed by atoms with Gasteiger partial charge in [-0.2, -0.15) is 0 Å². The normalized spacial score (nSPS) is 16.4. The van der Waals surface area contributed by atoms with E-state index in [1.54, 1.807) is 6.07 Å². The molecule has 1 heterocycles. The number of furan rings is 1. The Morgan fingerprint density at radius 2 is 2.21 bits per heavy atom. The maximum absolute atomic E-state index is 11.7. The first-order chi connectivity index (χ1) is 6.77. The Labute approximate surface area is 91.1 Å². The van der Waals surface area contributed by atoms with Gasteiger partial charge in [-0.3, -0.25) is 4.79 Å². The van der Waals surface area contributed by atoms with Crippen molar-refractivity contribution in [3.8, 4) is 0 Å². The van der Waals surface area contributed by atoms with Gasteiger partial charge in [0.25, 0.3) is 0 Å². The van der Waals surface area contributed by atoms with Gasteiger partial charge in [0.05, 0.1) is 10.7 Å². The molecule has 0 saturated heterocycles. The molecule has 0 fully saturated rings. The smallest absolute Gasteiger partial charge is 0.199 e. The topological polar surface area (TPSA) is 30.2 Å². The Balaban J connectivity index is 1.99. The minimum absolute atomic E-state index is 0.0931. The highest BCUT2D eigenvalue weighted by Crippen LogP contribution is 2.26. The molecule has 0 N–H and O–H groups in total. The standard InChI is InChI=1S/C11H11BrO2/c12-9-5-6-14-11(9)10(13)7-8-3-1-2-4-8/h1-2,5-6,8H,3-4,7H2. The average Bonchev–Trinajstić information content (AvgIpc) is 2.75. The number of ketones is 1. The Hall–Kier alpha value is -0.830. The largest absolute Gasteiger partial charge is 0.460 e. The van der Waals surface area contributed by atoms with E-state index in [-0.39, 0.29) is 5.78 Å². The third kappa shape index (κ3) is 1.98. The molecule has 1 aromatic heterocycles. The fourth-order valence-electron chi connectivity index (χ4n) is 1.69. The highest BCUT2D eigenvalue weighted by molar-refractivity contribution is 9.10. The van der Waals surface area contributed by atoms with E-state index in [0.717, 1.165) is 17.3 Å². The Morgan fingerprint density at radius 1 is 1.50 bits per heavy atom. The van der Waals surface area contributed by atoms with Gasteiger partial charge in [0.1, 0.15) is 0 Å². The van der Waals surface area contributed by atoms with Crippen molar-refractivity contribution in [1.82, 2.24) is 0 Å². The van der Waals surface area contributed by atoms with E-state index in [1.165, 1.54) is 6.26 Å². The molecular weight excluding hydrogens is 244 g/mol. The fourth-order valence-corrected chi connectivity index (χ4v) is 2.11. The number of hydrogen-bond acceptors (Lipinski definition) is 2. The van der Waals surface area contributed by atoms with Crippen LogP contribution in [-0.2, 0) is 0 Å². The van der Waals surface area contributed by atoms with Crippen LogP contribution in [-0.4, -0.2) is 5.78 Å². The summed E-state index contributed by atoms with van der Waals surface area (Å²) in [4.78, 5) is 11.7. The van der Waals surface area contributed by atoms with Gasteiger partial charge >= 0.3 is 0 Å². The van der Waals surface area contributed by atoms with Crippen LogP contribution in [0, 0.1) is 5.92 Å². The number of carbonyl (C=O) groups is 1. The summed E-state index contributed by atoms with van der Waals surface area (Å²) in [7, 11) is 0. The lowest BCUT2D eigenvalue weighted by molar-refractivity contribution is 0.0935. The molecule has 0 amide bonds. The summed E-state index contributed by atoms with van der Waals surface area (Å²) < 4.78 is 5.88. The minimum Gasteiger partial charge on any atom is -0.460 e. The van der Waals surface area contributed by atoms with E-state index >= 15 is 0 Å². The third-order valence-electron chi connectivity index (χ3n) is 2.45. The summed E-state index contributed by atoms with van der Waals surface area (Å²) in [6.07, 6.45) is 8.42. The summed E-state index contributed by atoms with van der Waals surface area (Å²) in [5.74, 6) is 1.02. The van der Waals surface area contributed by atoms with E-state index in [0.29, 0.717) is 18.1 Å². The molecule has 74 valence electrons. The van der Waals surface area contributed by atoms with Crippen molar-refractivity contribution in [1.29, 1.82) is 0 Å². The molecule has 0 spiro atoms. The third-order valence-corrected chi connectivity index (χ3v) is 3.07. The van der Waals surface area contributed by atoms with Crippen molar-refractivity contribution in [2.75, 3.05) is 0 Å². The lowest BCUT2D eigenvalue weighted by Gasteiger charge is -2.05. The Kier molecular flexibility index (Phi) is 2.87. The fraction of sp³-hybridized carbons (Fsp3) is 0.364. The van der Waals surface area contributed by atoms with Gasteiger partial charge in [-0.1, -0.05) is 12.2 Å². The number of halogens is 1. The molecule has 0 radical (unpaired) electrons. The van der Waals surface area contributed by atoms with Crippen molar-refractivity contribution >= 4 is 21.7 Å². The zero-order chi connectivity index (χ0) is 9.97. The van der Waals surface area contributed by atoms with Crippen molar-refractivity contribution in [3.05, 3.63) is 34.7 Å². The molecule has 0 atom stereocenters. The van der Waals surface area contributed by atoms with Crippen LogP contribution in [0.1, 0.15) is 29.8 Å². The second kappa shape index (κ2) is 4.13. The van der Waals surface area contributed by atoms with Gasteiger partial charge in [-0.15, -0.1) is 0 Å². The molecule has 2 nitrogen and oxygen atoms in total. The Morgan fingerprint density at radius 3 is 2.79 bits per heavy atom. The van der Waals surface area contributed by atoms with Crippen LogP contribution >= 0.6 is 15.9 Å². The van der Waals surface area contributed by atoms with Gasteiger partial charge < -0.3 is 4.42 Å². The molecule has 0 unspecified atom stereocenters. The van der Waals surface area contributed by atoms with Crippen LogP contribution in [0.4, 0.5) is 0 Å². The number of rotatable bonds is 3. The van der Waals surface area contributed by atoms with Crippen molar-refractivity contribution in [2.24, 2.45) is 5.92 Å². The number of allylic oxidation sites excluding steroid dienone is 2. The summed E-state index contributed by atoms with van der Waals surface area (Å²) in [6.45, 7) is 0. The first kappa shape index (κ1) is 9.71. The van der Waals surface area contributed by atoms with Crippen LogP contribution in [0.2, 0.25) is 0 Å². The molecular formula is C11H11BrO2. The Bertz CT molecular complexity index is 357. The molecule has 0 bridgehead atoms. The van der Waals surface area contributed by atoms with E-state index < -0.39 is 0 Å². The van der Waals surface area contributed by atoms with Gasteiger partial charge in [-0.25, -0.2) is 0 Å². The second-order valence-electron chi connectivity index (χ2n) is 3.53. The van der Waals surface area contributed by atoms with E-state index in [9.17, 15) is 4.79 Å². The maximum Gasteiger partial charge on any atom is 0.199 e. The molecule has 14 heavy (non-hydrogen) atoms. The lowest BCUT2D eigenvalue weighted by atomic mass is 9.99. The first-order valence-electron chi connectivity index (χ1n) is 4.68. The van der Waals surface area contributed by atoms with Crippen LogP contribution in [0.5, 0.6) is 0 Å². The van der Waals surface area contributed by atoms with E-state index in [2.05, 4.69) is 28.1 Å². The van der Waals surface area contributed by atoms with Crippen molar-refractivity contribution in [3.63, 3.8) is 0 Å². The van der Waals surface area contributed by atoms with Crippen LogP contribution in [0.25, 0.3) is 0 Å². The molecule has 1 aliphatic carbocycles. The van der Waals surface area contributed by atoms with E-state index in [1.807, 2.05) is 0 Å². The zero-order valence-corrected chi connectivity index (χ0v) is 9.29.